The quantitative estimate of drug-likeness (QED) is 0.943. The van der Waals surface area contributed by atoms with Crippen LogP contribution in [-0.2, 0) is 0 Å². The third kappa shape index (κ3) is 3.39. The molecule has 0 radical (unpaired) electrons. The molecule has 1 aromatic heterocycles. The summed E-state index contributed by atoms with van der Waals surface area (Å²) in [5.74, 6) is 0.894. The van der Waals surface area contributed by atoms with E-state index in [9.17, 15) is 4.79 Å². The smallest absolute Gasteiger partial charge is 0.323 e. The van der Waals surface area contributed by atoms with Crippen molar-refractivity contribution in [3.05, 3.63) is 40.9 Å². The molecule has 0 unspecified atom stereocenters. The van der Waals surface area contributed by atoms with Gasteiger partial charge in [-0.05, 0) is 25.5 Å². The van der Waals surface area contributed by atoms with Crippen LogP contribution in [0.2, 0.25) is 0 Å². The van der Waals surface area contributed by atoms with Crippen LogP contribution in [0.15, 0.2) is 29.6 Å². The van der Waals surface area contributed by atoms with Gasteiger partial charge in [-0.1, -0.05) is 18.2 Å². The largest absolute Gasteiger partial charge is 0.488 e. The lowest BCUT2D eigenvalue weighted by Gasteiger charge is -2.18. The number of benzene rings is 1. The van der Waals surface area contributed by atoms with E-state index >= 15 is 0 Å². The number of aryl methyl sites for hydroxylation is 2. The normalized spacial score (nSPS) is 17.5. The molecule has 1 aromatic carbocycles. The molecular weight excluding hydrogens is 298 g/mol. The van der Waals surface area contributed by atoms with Crippen LogP contribution in [0, 0.1) is 13.8 Å². The van der Waals surface area contributed by atoms with Gasteiger partial charge < -0.3 is 9.64 Å². The van der Waals surface area contributed by atoms with Crippen molar-refractivity contribution in [2.75, 3.05) is 18.4 Å². The number of ether oxygens (including phenoxy) is 1. The van der Waals surface area contributed by atoms with Crippen LogP contribution in [-0.4, -0.2) is 35.1 Å². The summed E-state index contributed by atoms with van der Waals surface area (Å²) in [6.45, 7) is 5.24. The molecule has 3 rings (SSSR count). The molecule has 0 spiro atoms. The highest BCUT2D eigenvalue weighted by molar-refractivity contribution is 7.13. The Labute approximate surface area is 133 Å². The maximum atomic E-state index is 12.2. The zero-order valence-electron chi connectivity index (χ0n) is 12.7. The number of urea groups is 1. The number of hydrogen-bond acceptors (Lipinski definition) is 4. The number of likely N-dealkylation sites (tertiary alicyclic amines) is 1. The molecule has 1 fully saturated rings. The van der Waals surface area contributed by atoms with Crippen molar-refractivity contribution in [2.24, 2.45) is 0 Å². The fourth-order valence-electron chi connectivity index (χ4n) is 2.46. The molecule has 1 aliphatic rings. The summed E-state index contributed by atoms with van der Waals surface area (Å²) in [6, 6.07) is 7.85. The van der Waals surface area contributed by atoms with E-state index in [0.29, 0.717) is 18.2 Å². The molecule has 1 N–H and O–H groups in total. The van der Waals surface area contributed by atoms with Crippen LogP contribution in [0.1, 0.15) is 17.7 Å². The first-order valence-corrected chi connectivity index (χ1v) is 8.20. The average molecular weight is 317 g/mol. The molecule has 0 saturated carbocycles. The van der Waals surface area contributed by atoms with Gasteiger partial charge in [-0.25, -0.2) is 9.78 Å². The summed E-state index contributed by atoms with van der Waals surface area (Å²) in [5.41, 5.74) is 2.03. The molecule has 2 amide bonds. The maximum absolute atomic E-state index is 12.2. The number of thiazole rings is 1. The van der Waals surface area contributed by atoms with E-state index in [1.165, 1.54) is 11.3 Å². The minimum absolute atomic E-state index is 0.0462. The van der Waals surface area contributed by atoms with Gasteiger partial charge in [0.25, 0.3) is 0 Å². The lowest BCUT2D eigenvalue weighted by molar-refractivity contribution is 0.194. The highest BCUT2D eigenvalue weighted by Crippen LogP contribution is 2.22. The first kappa shape index (κ1) is 14.8. The van der Waals surface area contributed by atoms with Crippen molar-refractivity contribution in [1.29, 1.82) is 0 Å². The Morgan fingerprint density at radius 2 is 2.23 bits per heavy atom. The van der Waals surface area contributed by atoms with Crippen molar-refractivity contribution in [3.8, 4) is 5.75 Å². The molecular formula is C16H19N3O2S. The molecule has 1 aliphatic heterocycles. The maximum Gasteiger partial charge on any atom is 0.323 e. The number of nitrogens with one attached hydrogen (secondary N) is 1. The van der Waals surface area contributed by atoms with Gasteiger partial charge in [0, 0.05) is 18.3 Å². The molecule has 22 heavy (non-hydrogen) atoms. The number of carbonyl (C=O) groups excluding carboxylic acids is 1. The number of amides is 2. The Hall–Kier alpha value is -2.08. The number of aromatic nitrogens is 1. The fraction of sp³-hybridized carbons (Fsp3) is 0.375. The lowest BCUT2D eigenvalue weighted by atomic mass is 10.2. The predicted molar refractivity (Wildman–Crippen MR) is 87.7 cm³/mol. The first-order chi connectivity index (χ1) is 10.6. The third-order valence-electron chi connectivity index (χ3n) is 3.65. The SMILES string of the molecule is Cc1csc(NC(=O)N2CC[C@H](Oc3ccccc3C)C2)n1. The van der Waals surface area contributed by atoms with E-state index in [2.05, 4.69) is 10.3 Å². The summed E-state index contributed by atoms with van der Waals surface area (Å²) >= 11 is 1.44. The molecule has 1 atom stereocenters. The Balaban J connectivity index is 1.55. The molecule has 0 bridgehead atoms. The van der Waals surface area contributed by atoms with Gasteiger partial charge in [0.05, 0.1) is 12.2 Å². The molecule has 116 valence electrons. The number of nitrogens with zero attached hydrogens (tertiary/aromatic N) is 2. The van der Waals surface area contributed by atoms with Gasteiger partial charge in [-0.15, -0.1) is 11.3 Å². The number of para-hydroxylation sites is 1. The van der Waals surface area contributed by atoms with Crippen LogP contribution in [0.4, 0.5) is 9.93 Å². The van der Waals surface area contributed by atoms with E-state index in [1.807, 2.05) is 43.5 Å². The standard InChI is InChI=1S/C16H19N3O2S/c1-11-5-3-4-6-14(11)21-13-7-8-19(9-13)16(20)18-15-17-12(2)10-22-15/h3-6,10,13H,7-9H2,1-2H3,(H,17,18,20)/t13-/m0/s1. The predicted octanol–water partition coefficient (Wildman–Crippen LogP) is 3.45. The van der Waals surface area contributed by atoms with Gasteiger partial charge in [0.2, 0.25) is 0 Å². The van der Waals surface area contributed by atoms with Gasteiger partial charge in [-0.2, -0.15) is 0 Å². The Kier molecular flexibility index (Phi) is 4.29. The topological polar surface area (TPSA) is 54.5 Å². The van der Waals surface area contributed by atoms with Crippen molar-refractivity contribution in [1.82, 2.24) is 9.88 Å². The molecule has 6 heteroatoms. The second kappa shape index (κ2) is 6.36. The van der Waals surface area contributed by atoms with Crippen LogP contribution in [0.5, 0.6) is 5.75 Å². The van der Waals surface area contributed by atoms with Crippen molar-refractivity contribution < 1.29 is 9.53 Å². The van der Waals surface area contributed by atoms with Crippen molar-refractivity contribution in [2.45, 2.75) is 26.4 Å². The summed E-state index contributed by atoms with van der Waals surface area (Å²) in [6.07, 6.45) is 0.892. The zero-order valence-corrected chi connectivity index (χ0v) is 13.5. The zero-order chi connectivity index (χ0) is 15.5. The van der Waals surface area contributed by atoms with E-state index < -0.39 is 0 Å². The van der Waals surface area contributed by atoms with Crippen molar-refractivity contribution >= 4 is 22.5 Å². The summed E-state index contributed by atoms with van der Waals surface area (Å²) in [7, 11) is 0. The van der Waals surface area contributed by atoms with E-state index in [1.54, 1.807) is 4.90 Å². The molecule has 2 heterocycles. The summed E-state index contributed by atoms with van der Waals surface area (Å²) < 4.78 is 6.01. The Morgan fingerprint density at radius 3 is 2.95 bits per heavy atom. The average Bonchev–Trinajstić information content (AvgIpc) is 3.11. The fourth-order valence-corrected chi connectivity index (χ4v) is 3.14. The molecule has 1 saturated heterocycles. The highest BCUT2D eigenvalue weighted by atomic mass is 32.1. The minimum Gasteiger partial charge on any atom is -0.488 e. The van der Waals surface area contributed by atoms with E-state index in [-0.39, 0.29) is 12.1 Å². The molecule has 5 nitrogen and oxygen atoms in total. The number of carbonyl (C=O) groups is 1. The second-order valence-corrected chi connectivity index (χ2v) is 6.32. The summed E-state index contributed by atoms with van der Waals surface area (Å²) in [5, 5.41) is 5.40. The Morgan fingerprint density at radius 1 is 1.41 bits per heavy atom. The Bertz CT molecular complexity index is 671. The van der Waals surface area contributed by atoms with Crippen LogP contribution in [0.3, 0.4) is 0 Å². The van der Waals surface area contributed by atoms with Crippen LogP contribution in [0.25, 0.3) is 0 Å². The third-order valence-corrected chi connectivity index (χ3v) is 4.53. The van der Waals surface area contributed by atoms with E-state index in [0.717, 1.165) is 23.4 Å². The van der Waals surface area contributed by atoms with E-state index in [4.69, 9.17) is 4.74 Å². The minimum atomic E-state index is -0.106. The van der Waals surface area contributed by atoms with Gasteiger partial charge >= 0.3 is 6.03 Å². The first-order valence-electron chi connectivity index (χ1n) is 7.32. The monoisotopic (exact) mass is 317 g/mol. The molecule has 0 aliphatic carbocycles. The second-order valence-electron chi connectivity index (χ2n) is 5.46. The van der Waals surface area contributed by atoms with Crippen LogP contribution < -0.4 is 10.1 Å². The van der Waals surface area contributed by atoms with Gasteiger partial charge in [-0.3, -0.25) is 5.32 Å². The van der Waals surface area contributed by atoms with Gasteiger partial charge in [0.1, 0.15) is 11.9 Å². The number of hydrogen-bond donors (Lipinski definition) is 1. The summed E-state index contributed by atoms with van der Waals surface area (Å²) in [4.78, 5) is 18.2. The lowest BCUT2D eigenvalue weighted by Crippen LogP contribution is -2.34. The van der Waals surface area contributed by atoms with Crippen molar-refractivity contribution in [3.63, 3.8) is 0 Å². The number of rotatable bonds is 3. The number of anilines is 1. The van der Waals surface area contributed by atoms with Crippen LogP contribution >= 0.6 is 11.3 Å². The van der Waals surface area contributed by atoms with Gasteiger partial charge in [0.15, 0.2) is 5.13 Å². The highest BCUT2D eigenvalue weighted by Gasteiger charge is 2.28. The molecule has 2 aromatic rings.